The first-order valence-electron chi connectivity index (χ1n) is 14.7. The maximum absolute atomic E-state index is 14.9. The monoisotopic (exact) mass is 765 g/mol. The van der Waals surface area contributed by atoms with Crippen LogP contribution in [0.15, 0.2) is 66.7 Å². The highest BCUT2D eigenvalue weighted by Crippen LogP contribution is 2.26. The van der Waals surface area contributed by atoms with Crippen LogP contribution >= 0.6 is 34.8 Å². The standard InChI is InChI=1S/C33H31Cl3F5N3O6/c1-17(2)26(28(45)33(40,41)31(48)42-16-32(37,38)39)43-30(47)27(19-7-9-23(49-3)10-8-19)44-29(46)25(50-24-6-4-5-20(34)15-24)13-18-11-21(35)14-22(36)12-18/h4-12,14-15,17,25-27H,13,16H2,1-3H3,(H,42,48)(H,43,47)(H,44,46). The molecular formula is C33H31Cl3F5N3O6. The number of amides is 3. The van der Waals surface area contributed by atoms with Crippen LogP contribution in [0.25, 0.3) is 0 Å². The Kier molecular flexibility index (Phi) is 13.8. The maximum atomic E-state index is 14.9. The molecular weight excluding hydrogens is 736 g/mol. The molecule has 0 aliphatic heterocycles. The van der Waals surface area contributed by atoms with Crippen LogP contribution in [0.2, 0.25) is 15.1 Å². The average molecular weight is 767 g/mol. The van der Waals surface area contributed by atoms with Gasteiger partial charge in [0.05, 0.1) is 13.2 Å². The van der Waals surface area contributed by atoms with Gasteiger partial charge >= 0.3 is 12.1 Å². The summed E-state index contributed by atoms with van der Waals surface area (Å²) < 4.78 is 78.5. The molecule has 3 rings (SSSR count). The fraction of sp³-hybridized carbons (Fsp3) is 0.333. The molecule has 0 aromatic heterocycles. The van der Waals surface area contributed by atoms with Gasteiger partial charge < -0.3 is 25.4 Å². The Hall–Kier alpha value is -4.14. The summed E-state index contributed by atoms with van der Waals surface area (Å²) in [4.78, 5) is 52.6. The summed E-state index contributed by atoms with van der Waals surface area (Å²) in [5.41, 5.74) is 0.570. The van der Waals surface area contributed by atoms with Gasteiger partial charge in [-0.15, -0.1) is 0 Å². The van der Waals surface area contributed by atoms with Gasteiger partial charge in [-0.1, -0.05) is 66.8 Å². The highest BCUT2D eigenvalue weighted by atomic mass is 35.5. The minimum atomic E-state index is -5.03. The van der Waals surface area contributed by atoms with Crippen molar-refractivity contribution in [3.8, 4) is 11.5 Å². The lowest BCUT2D eigenvalue weighted by Crippen LogP contribution is -2.58. The molecule has 0 spiro atoms. The lowest BCUT2D eigenvalue weighted by Gasteiger charge is -2.28. The summed E-state index contributed by atoms with van der Waals surface area (Å²) in [5, 5.41) is 6.45. The van der Waals surface area contributed by atoms with Crippen LogP contribution in [0.1, 0.15) is 31.0 Å². The summed E-state index contributed by atoms with van der Waals surface area (Å²) >= 11 is 18.4. The number of ketones is 1. The van der Waals surface area contributed by atoms with Crippen molar-refractivity contribution in [2.75, 3.05) is 13.7 Å². The lowest BCUT2D eigenvalue weighted by molar-refractivity contribution is -0.165. The number of carbonyl (C=O) groups is 4. The van der Waals surface area contributed by atoms with Crippen molar-refractivity contribution in [3.05, 3.63) is 92.9 Å². The van der Waals surface area contributed by atoms with Gasteiger partial charge in [0.1, 0.15) is 24.1 Å². The molecule has 0 aliphatic rings. The van der Waals surface area contributed by atoms with Crippen LogP contribution in [0.4, 0.5) is 22.0 Å². The predicted octanol–water partition coefficient (Wildman–Crippen LogP) is 6.53. The third-order valence-electron chi connectivity index (χ3n) is 7.00. The van der Waals surface area contributed by atoms with Crippen LogP contribution < -0.4 is 25.4 Å². The van der Waals surface area contributed by atoms with Crippen LogP contribution in [0.5, 0.6) is 11.5 Å². The minimum Gasteiger partial charge on any atom is -0.497 e. The third kappa shape index (κ3) is 11.5. The second-order valence-electron chi connectivity index (χ2n) is 11.2. The highest BCUT2D eigenvalue weighted by Gasteiger charge is 2.52. The van der Waals surface area contributed by atoms with E-state index in [4.69, 9.17) is 44.3 Å². The van der Waals surface area contributed by atoms with E-state index in [-0.39, 0.29) is 32.8 Å². The number of hydrogen-bond acceptors (Lipinski definition) is 6. The van der Waals surface area contributed by atoms with Gasteiger partial charge in [0.25, 0.3) is 11.8 Å². The largest absolute Gasteiger partial charge is 0.497 e. The van der Waals surface area contributed by atoms with E-state index in [2.05, 4.69) is 10.6 Å². The van der Waals surface area contributed by atoms with E-state index < -0.39 is 66.3 Å². The van der Waals surface area contributed by atoms with Gasteiger partial charge in [-0.2, -0.15) is 22.0 Å². The number of nitrogens with one attached hydrogen (secondary N) is 3. The van der Waals surface area contributed by atoms with Crippen molar-refractivity contribution in [3.63, 3.8) is 0 Å². The quantitative estimate of drug-likeness (QED) is 0.120. The zero-order valence-electron chi connectivity index (χ0n) is 26.5. The van der Waals surface area contributed by atoms with Gasteiger partial charge in [0, 0.05) is 21.5 Å². The van der Waals surface area contributed by atoms with Gasteiger partial charge in [0.15, 0.2) is 6.10 Å². The van der Waals surface area contributed by atoms with Crippen LogP contribution in [0.3, 0.4) is 0 Å². The van der Waals surface area contributed by atoms with Gasteiger partial charge in [0.2, 0.25) is 11.7 Å². The molecule has 0 heterocycles. The third-order valence-corrected chi connectivity index (χ3v) is 7.67. The Morgan fingerprint density at radius 2 is 1.40 bits per heavy atom. The molecule has 0 fully saturated rings. The number of halogens is 8. The fourth-order valence-corrected chi connectivity index (χ4v) is 5.29. The topological polar surface area (TPSA) is 123 Å². The summed E-state index contributed by atoms with van der Waals surface area (Å²) in [6.07, 6.45) is -6.54. The smallest absolute Gasteiger partial charge is 0.405 e. The van der Waals surface area contributed by atoms with Crippen LogP contribution in [-0.4, -0.2) is 61.4 Å². The van der Waals surface area contributed by atoms with Crippen LogP contribution in [0, 0.1) is 5.92 Å². The van der Waals surface area contributed by atoms with E-state index in [1.165, 1.54) is 75.6 Å². The fourth-order valence-electron chi connectivity index (χ4n) is 4.54. The number of Topliss-reactive ketones (excluding diaryl/α,β-unsaturated/α-hetero) is 1. The van der Waals surface area contributed by atoms with Crippen molar-refractivity contribution in [2.24, 2.45) is 5.92 Å². The summed E-state index contributed by atoms with van der Waals surface area (Å²) in [6.45, 7) is 0.412. The van der Waals surface area contributed by atoms with Crippen molar-refractivity contribution in [1.29, 1.82) is 0 Å². The Morgan fingerprint density at radius 1 is 0.780 bits per heavy atom. The molecule has 3 aromatic carbocycles. The summed E-state index contributed by atoms with van der Waals surface area (Å²) in [5.74, 6) is -12.2. The van der Waals surface area contributed by atoms with E-state index >= 15 is 0 Å². The average Bonchev–Trinajstić information content (AvgIpc) is 3.03. The van der Waals surface area contributed by atoms with Crippen molar-refractivity contribution >= 4 is 58.3 Å². The normalized spacial score (nSPS) is 13.5. The first-order valence-corrected chi connectivity index (χ1v) is 15.8. The Morgan fingerprint density at radius 3 is 1.94 bits per heavy atom. The molecule has 3 N–H and O–H groups in total. The van der Waals surface area contributed by atoms with E-state index in [1.54, 1.807) is 12.1 Å². The van der Waals surface area contributed by atoms with Gasteiger partial charge in [-0.3, -0.25) is 19.2 Å². The molecule has 3 amide bonds. The van der Waals surface area contributed by atoms with Crippen LogP contribution in [-0.2, 0) is 25.6 Å². The van der Waals surface area contributed by atoms with Crippen molar-refractivity contribution in [1.82, 2.24) is 16.0 Å². The minimum absolute atomic E-state index is 0.105. The van der Waals surface area contributed by atoms with Crippen molar-refractivity contribution in [2.45, 2.75) is 50.6 Å². The van der Waals surface area contributed by atoms with E-state index in [0.717, 1.165) is 5.32 Å². The predicted molar refractivity (Wildman–Crippen MR) is 176 cm³/mol. The second kappa shape index (κ2) is 17.2. The van der Waals surface area contributed by atoms with E-state index in [1.807, 2.05) is 0 Å². The molecule has 3 unspecified atom stereocenters. The molecule has 3 aromatic rings. The number of rotatable bonds is 15. The highest BCUT2D eigenvalue weighted by molar-refractivity contribution is 6.34. The molecule has 0 bridgehead atoms. The first kappa shape index (κ1) is 40.3. The molecule has 0 saturated heterocycles. The molecule has 0 radical (unpaired) electrons. The summed E-state index contributed by atoms with van der Waals surface area (Å²) in [6, 6.07) is 12.6. The molecule has 50 heavy (non-hydrogen) atoms. The zero-order chi connectivity index (χ0) is 37.4. The molecule has 17 heteroatoms. The van der Waals surface area contributed by atoms with Gasteiger partial charge in [-0.25, -0.2) is 0 Å². The molecule has 0 saturated carbocycles. The first-order chi connectivity index (χ1) is 23.3. The number of hydrogen-bond donors (Lipinski definition) is 3. The Bertz CT molecular complexity index is 1670. The Labute approximate surface area is 298 Å². The SMILES string of the molecule is COc1ccc(C(NC(=O)C(Cc2cc(Cl)cc(Cl)c2)Oc2cccc(Cl)c2)C(=O)NC(C(=O)C(F)(F)C(=O)NCC(F)(F)F)C(C)C)cc1. The maximum Gasteiger partial charge on any atom is 0.405 e. The number of ether oxygens (including phenoxy) is 2. The molecule has 270 valence electrons. The molecule has 0 aliphatic carbocycles. The number of methoxy groups -OCH3 is 1. The van der Waals surface area contributed by atoms with E-state index in [9.17, 15) is 41.1 Å². The number of benzene rings is 3. The molecule has 9 nitrogen and oxygen atoms in total. The number of alkyl halides is 5. The Balaban J connectivity index is 1.97. The zero-order valence-corrected chi connectivity index (χ0v) is 28.8. The lowest BCUT2D eigenvalue weighted by atomic mass is 9.94. The van der Waals surface area contributed by atoms with E-state index in [0.29, 0.717) is 11.3 Å². The van der Waals surface area contributed by atoms with Gasteiger partial charge in [-0.05, 0) is 65.6 Å². The molecule has 3 atom stereocenters. The van der Waals surface area contributed by atoms with Crippen molar-refractivity contribution < 1.29 is 50.6 Å². The number of carbonyl (C=O) groups excluding carboxylic acids is 4. The second-order valence-corrected chi connectivity index (χ2v) is 12.5. The summed E-state index contributed by atoms with van der Waals surface area (Å²) in [7, 11) is 1.38.